The van der Waals surface area contributed by atoms with Gasteiger partial charge in [0, 0.05) is 6.54 Å². The Morgan fingerprint density at radius 1 is 1.48 bits per heavy atom. The quantitative estimate of drug-likeness (QED) is 0.855. The minimum Gasteiger partial charge on any atom is -0.349 e. The molecule has 1 aromatic rings. The second kappa shape index (κ2) is 6.69. The summed E-state index contributed by atoms with van der Waals surface area (Å²) >= 11 is 0. The third-order valence-corrected chi connectivity index (χ3v) is 5.77. The number of nitrogens with zero attached hydrogens (tertiary/aromatic N) is 2. The summed E-state index contributed by atoms with van der Waals surface area (Å²) in [7, 11) is -1.23. The van der Waals surface area contributed by atoms with E-state index < -0.39 is 15.4 Å². The third kappa shape index (κ3) is 5.05. The van der Waals surface area contributed by atoms with Crippen LogP contribution in [0.15, 0.2) is 24.3 Å². The molecule has 1 aliphatic heterocycles. The molecule has 6 nitrogen and oxygen atoms in total. The van der Waals surface area contributed by atoms with E-state index in [2.05, 4.69) is 11.4 Å². The Kier molecular flexibility index (Phi) is 5.07. The van der Waals surface area contributed by atoms with Crippen LogP contribution in [0.3, 0.4) is 0 Å². The number of nitriles is 1. The van der Waals surface area contributed by atoms with Gasteiger partial charge >= 0.3 is 0 Å². The van der Waals surface area contributed by atoms with Gasteiger partial charge < -0.3 is 5.32 Å². The Labute approximate surface area is 137 Å². The first-order chi connectivity index (χ1) is 10.7. The van der Waals surface area contributed by atoms with Gasteiger partial charge in [0.2, 0.25) is 5.91 Å². The Hall–Kier alpha value is -1.91. The highest BCUT2D eigenvalue weighted by molar-refractivity contribution is 7.91. The van der Waals surface area contributed by atoms with Crippen LogP contribution >= 0.6 is 0 Å². The molecule has 0 bridgehead atoms. The number of hydrogen-bond donors (Lipinski definition) is 1. The summed E-state index contributed by atoms with van der Waals surface area (Å²) in [6, 6.07) is 9.33. The minimum absolute atomic E-state index is 0.000328. The molecule has 1 atom stereocenters. The van der Waals surface area contributed by atoms with Gasteiger partial charge in [0.1, 0.15) is 0 Å². The summed E-state index contributed by atoms with van der Waals surface area (Å²) in [5, 5.41) is 11.7. The van der Waals surface area contributed by atoms with Crippen LogP contribution in [0.1, 0.15) is 24.5 Å². The molecule has 1 amide bonds. The van der Waals surface area contributed by atoms with Crippen LogP contribution in [0, 0.1) is 11.3 Å². The van der Waals surface area contributed by atoms with E-state index in [0.717, 1.165) is 5.56 Å². The van der Waals surface area contributed by atoms with E-state index >= 15 is 0 Å². The number of sulfone groups is 1. The molecule has 1 aliphatic rings. The molecule has 1 N–H and O–H groups in total. The molecule has 0 aliphatic carbocycles. The Balaban J connectivity index is 1.89. The van der Waals surface area contributed by atoms with Crippen molar-refractivity contribution < 1.29 is 13.2 Å². The van der Waals surface area contributed by atoms with Gasteiger partial charge in [0.05, 0.1) is 35.2 Å². The lowest BCUT2D eigenvalue weighted by atomic mass is 10.0. The number of rotatable bonds is 5. The lowest BCUT2D eigenvalue weighted by Crippen LogP contribution is -2.49. The fraction of sp³-hybridized carbons (Fsp3) is 0.500. The van der Waals surface area contributed by atoms with Gasteiger partial charge in [0.15, 0.2) is 9.84 Å². The van der Waals surface area contributed by atoms with Crippen LogP contribution < -0.4 is 5.32 Å². The van der Waals surface area contributed by atoms with Crippen LogP contribution in [-0.4, -0.2) is 49.9 Å². The molecule has 1 fully saturated rings. The van der Waals surface area contributed by atoms with E-state index in [9.17, 15) is 13.2 Å². The maximum absolute atomic E-state index is 12.1. The van der Waals surface area contributed by atoms with Crippen LogP contribution in [0.25, 0.3) is 0 Å². The molecule has 1 unspecified atom stereocenters. The maximum Gasteiger partial charge on any atom is 0.234 e. The maximum atomic E-state index is 12.1. The van der Waals surface area contributed by atoms with Gasteiger partial charge in [-0.05, 0) is 38.1 Å². The van der Waals surface area contributed by atoms with Crippen molar-refractivity contribution in [2.24, 2.45) is 0 Å². The molecule has 0 spiro atoms. The van der Waals surface area contributed by atoms with Crippen molar-refractivity contribution >= 4 is 15.7 Å². The zero-order valence-corrected chi connectivity index (χ0v) is 14.2. The molecule has 124 valence electrons. The van der Waals surface area contributed by atoms with Gasteiger partial charge in [-0.3, -0.25) is 9.69 Å². The predicted molar refractivity (Wildman–Crippen MR) is 87.3 cm³/mol. The highest BCUT2D eigenvalue weighted by Crippen LogP contribution is 2.22. The third-order valence-electron chi connectivity index (χ3n) is 3.87. The topological polar surface area (TPSA) is 90.3 Å². The zero-order chi connectivity index (χ0) is 17.1. The van der Waals surface area contributed by atoms with E-state index in [1.54, 1.807) is 19.1 Å². The fourth-order valence-corrected chi connectivity index (χ4v) is 4.93. The van der Waals surface area contributed by atoms with Crippen molar-refractivity contribution in [1.29, 1.82) is 5.26 Å². The van der Waals surface area contributed by atoms with E-state index in [4.69, 9.17) is 5.26 Å². The molecular formula is C16H21N3O3S. The van der Waals surface area contributed by atoms with Gasteiger partial charge in [-0.25, -0.2) is 8.42 Å². The van der Waals surface area contributed by atoms with E-state index in [0.29, 0.717) is 18.5 Å². The number of amides is 1. The van der Waals surface area contributed by atoms with Gasteiger partial charge in [0.25, 0.3) is 0 Å². The summed E-state index contributed by atoms with van der Waals surface area (Å²) in [6.07, 6.45) is 0.453. The van der Waals surface area contributed by atoms with Crippen molar-refractivity contribution in [3.05, 3.63) is 35.4 Å². The van der Waals surface area contributed by atoms with Crippen LogP contribution in [-0.2, 0) is 21.2 Å². The summed E-state index contributed by atoms with van der Waals surface area (Å²) < 4.78 is 23.1. The molecule has 1 heterocycles. The summed E-state index contributed by atoms with van der Waals surface area (Å²) in [4.78, 5) is 14.0. The van der Waals surface area contributed by atoms with E-state index in [1.807, 2.05) is 24.1 Å². The number of carbonyl (C=O) groups is 1. The molecule has 1 aromatic carbocycles. The van der Waals surface area contributed by atoms with Crippen molar-refractivity contribution in [2.45, 2.75) is 25.4 Å². The highest BCUT2D eigenvalue weighted by Gasteiger charge is 2.39. The monoisotopic (exact) mass is 335 g/mol. The second-order valence-electron chi connectivity index (χ2n) is 6.44. The van der Waals surface area contributed by atoms with Gasteiger partial charge in [-0.15, -0.1) is 0 Å². The van der Waals surface area contributed by atoms with Crippen LogP contribution in [0.4, 0.5) is 0 Å². The van der Waals surface area contributed by atoms with Crippen LogP contribution in [0.5, 0.6) is 0 Å². The molecule has 0 saturated carbocycles. The number of likely N-dealkylation sites (N-methyl/N-ethyl adjacent to an activating group) is 1. The number of hydrogen-bond acceptors (Lipinski definition) is 5. The van der Waals surface area contributed by atoms with E-state index in [1.165, 1.54) is 0 Å². The number of benzene rings is 1. The fourth-order valence-electron chi connectivity index (χ4n) is 2.84. The van der Waals surface area contributed by atoms with Gasteiger partial charge in [-0.2, -0.15) is 5.26 Å². The standard InChI is InChI=1S/C16H21N3O3S/c1-16(6-7-23(21,22)12-16)18-15(20)11-19(2)10-14-5-3-4-13(8-14)9-17/h3-5,8H,6-7,10-12H2,1-2H3,(H,18,20). The normalized spacial score (nSPS) is 22.7. The highest BCUT2D eigenvalue weighted by atomic mass is 32.2. The van der Waals surface area contributed by atoms with Crippen molar-refractivity contribution in [3.63, 3.8) is 0 Å². The van der Waals surface area contributed by atoms with Crippen molar-refractivity contribution in [3.8, 4) is 6.07 Å². The SMILES string of the molecule is CN(CC(=O)NC1(C)CCS(=O)(=O)C1)Cc1cccc(C#N)c1. The molecular weight excluding hydrogens is 314 g/mol. The molecule has 0 aromatic heterocycles. The van der Waals surface area contributed by atoms with Gasteiger partial charge in [-0.1, -0.05) is 12.1 Å². The lowest BCUT2D eigenvalue weighted by Gasteiger charge is -2.25. The Bertz CT molecular complexity index is 739. The second-order valence-corrected chi connectivity index (χ2v) is 8.62. The van der Waals surface area contributed by atoms with E-state index in [-0.39, 0.29) is 24.0 Å². The Morgan fingerprint density at radius 2 is 2.22 bits per heavy atom. The largest absolute Gasteiger partial charge is 0.349 e. The molecule has 2 rings (SSSR count). The first kappa shape index (κ1) is 17.4. The molecule has 1 saturated heterocycles. The molecule has 0 radical (unpaired) electrons. The summed E-state index contributed by atoms with van der Waals surface area (Å²) in [5.41, 5.74) is 0.871. The number of nitrogens with one attached hydrogen (secondary N) is 1. The van der Waals surface area contributed by atoms with Crippen molar-refractivity contribution in [2.75, 3.05) is 25.1 Å². The molecule has 7 heteroatoms. The number of carbonyl (C=O) groups excluding carboxylic acids is 1. The molecule has 23 heavy (non-hydrogen) atoms. The first-order valence-corrected chi connectivity index (χ1v) is 9.23. The average Bonchev–Trinajstić information content (AvgIpc) is 2.71. The average molecular weight is 335 g/mol. The van der Waals surface area contributed by atoms with Crippen LogP contribution in [0.2, 0.25) is 0 Å². The lowest BCUT2D eigenvalue weighted by molar-refractivity contribution is -0.123. The smallest absolute Gasteiger partial charge is 0.234 e. The predicted octanol–water partition coefficient (Wildman–Crippen LogP) is 0.683. The summed E-state index contributed by atoms with van der Waals surface area (Å²) in [6.45, 7) is 2.48. The zero-order valence-electron chi connectivity index (χ0n) is 13.4. The summed E-state index contributed by atoms with van der Waals surface area (Å²) in [5.74, 6) is -0.0659. The Morgan fingerprint density at radius 3 is 2.83 bits per heavy atom. The first-order valence-electron chi connectivity index (χ1n) is 7.40. The minimum atomic E-state index is -3.04. The van der Waals surface area contributed by atoms with Crippen molar-refractivity contribution in [1.82, 2.24) is 10.2 Å².